The number of benzene rings is 1. The van der Waals surface area contributed by atoms with Crippen LogP contribution in [0.15, 0.2) is 41.7 Å². The molecule has 260 valence electrons. The summed E-state index contributed by atoms with van der Waals surface area (Å²) >= 11 is 0. The van der Waals surface area contributed by atoms with Crippen molar-refractivity contribution in [2.75, 3.05) is 13.7 Å². The number of hydrogen-bond donors (Lipinski definition) is 2. The van der Waals surface area contributed by atoms with Crippen LogP contribution in [0.4, 0.5) is 0 Å². The summed E-state index contributed by atoms with van der Waals surface area (Å²) in [5.41, 5.74) is -5.40. The third-order valence-corrected chi connectivity index (χ3v) is 17.0. The SMILES string of the molecule is CC[Si](CC)(CC)O/C1=C2\C(C)[C@@H](O)C[C@@](O)([C@@H](OC(=O)c3ccccc3)[C@@H]3[C@]4(OC(C)=O)CO[C@@H]4C[C@H](OC)[C@@]3(C)C1=O)C2(C)C. The Kier molecular flexibility index (Phi) is 9.42. The lowest BCUT2D eigenvalue weighted by Crippen LogP contribution is -2.81. The molecule has 2 bridgehead atoms. The normalized spacial score (nSPS) is 39.3. The lowest BCUT2D eigenvalue weighted by Gasteiger charge is -2.67. The van der Waals surface area contributed by atoms with Gasteiger partial charge in [-0.25, -0.2) is 4.79 Å². The molecular weight excluding hydrogens is 620 g/mol. The van der Waals surface area contributed by atoms with Crippen molar-refractivity contribution in [1.29, 1.82) is 0 Å². The summed E-state index contributed by atoms with van der Waals surface area (Å²) in [5.74, 6) is -3.22. The van der Waals surface area contributed by atoms with E-state index in [0.717, 1.165) is 18.1 Å². The van der Waals surface area contributed by atoms with Gasteiger partial charge in [-0.1, -0.05) is 59.7 Å². The van der Waals surface area contributed by atoms with E-state index in [1.165, 1.54) is 14.0 Å². The summed E-state index contributed by atoms with van der Waals surface area (Å²) in [7, 11) is -1.01. The van der Waals surface area contributed by atoms with Crippen molar-refractivity contribution < 1.29 is 48.0 Å². The molecule has 0 amide bonds. The van der Waals surface area contributed by atoms with Gasteiger partial charge in [-0.15, -0.1) is 0 Å². The van der Waals surface area contributed by atoms with E-state index in [9.17, 15) is 19.8 Å². The number of rotatable bonds is 9. The van der Waals surface area contributed by atoms with Gasteiger partial charge < -0.3 is 33.6 Å². The highest BCUT2D eigenvalue weighted by Crippen LogP contribution is 2.65. The first-order valence-electron chi connectivity index (χ1n) is 17.0. The third-order valence-electron chi connectivity index (χ3n) is 12.5. The van der Waals surface area contributed by atoms with Crippen molar-refractivity contribution in [3.63, 3.8) is 0 Å². The second kappa shape index (κ2) is 12.4. The number of Topliss-reactive ketones (excluding diaryl/α,β-unsaturated/α-hetero) is 1. The van der Waals surface area contributed by atoms with Gasteiger partial charge in [-0.05, 0) is 42.8 Å². The molecule has 5 rings (SSSR count). The topological polar surface area (TPSA) is 138 Å². The van der Waals surface area contributed by atoms with Crippen molar-refractivity contribution in [2.24, 2.45) is 22.7 Å². The molecule has 0 spiro atoms. The largest absolute Gasteiger partial charge is 0.541 e. The van der Waals surface area contributed by atoms with Crippen LogP contribution in [-0.4, -0.2) is 85.6 Å². The molecule has 1 unspecified atom stereocenters. The van der Waals surface area contributed by atoms with E-state index in [1.807, 2.05) is 20.8 Å². The molecule has 3 aliphatic carbocycles. The van der Waals surface area contributed by atoms with Gasteiger partial charge in [0, 0.05) is 38.2 Å². The molecule has 1 saturated heterocycles. The molecule has 11 heteroatoms. The van der Waals surface area contributed by atoms with Crippen LogP contribution in [-0.2, 0) is 33.0 Å². The highest BCUT2D eigenvalue weighted by atomic mass is 28.4. The first kappa shape index (κ1) is 35.7. The summed E-state index contributed by atoms with van der Waals surface area (Å²) in [5, 5.41) is 25.0. The Labute approximate surface area is 279 Å². The van der Waals surface area contributed by atoms with Crippen molar-refractivity contribution in [3.05, 3.63) is 47.2 Å². The lowest BCUT2D eigenvalue weighted by molar-refractivity contribution is -0.346. The van der Waals surface area contributed by atoms with Crippen molar-refractivity contribution in [3.8, 4) is 0 Å². The van der Waals surface area contributed by atoms with Crippen LogP contribution < -0.4 is 0 Å². The highest BCUT2D eigenvalue weighted by Gasteiger charge is 2.78. The highest BCUT2D eigenvalue weighted by molar-refractivity contribution is 6.74. The van der Waals surface area contributed by atoms with Crippen LogP contribution in [0.3, 0.4) is 0 Å². The van der Waals surface area contributed by atoms with Crippen LogP contribution in [0.25, 0.3) is 0 Å². The summed E-state index contributed by atoms with van der Waals surface area (Å²) in [6.45, 7) is 14.7. The van der Waals surface area contributed by atoms with Gasteiger partial charge in [0.05, 0.1) is 35.7 Å². The predicted octanol–water partition coefficient (Wildman–Crippen LogP) is 4.97. The number of allylic oxidation sites excluding steroid dienone is 1. The van der Waals surface area contributed by atoms with Gasteiger partial charge in [-0.2, -0.15) is 0 Å². The Morgan fingerprint density at radius 3 is 2.19 bits per heavy atom. The number of ether oxygens (including phenoxy) is 4. The number of carbonyl (C=O) groups excluding carboxylic acids is 3. The Morgan fingerprint density at radius 2 is 1.68 bits per heavy atom. The summed E-state index contributed by atoms with van der Waals surface area (Å²) in [6, 6.07) is 10.7. The maximum atomic E-state index is 15.7. The minimum Gasteiger partial charge on any atom is -0.541 e. The molecule has 1 heterocycles. The van der Waals surface area contributed by atoms with E-state index in [4.69, 9.17) is 23.4 Å². The summed E-state index contributed by atoms with van der Waals surface area (Å²) < 4.78 is 31.8. The molecule has 0 aromatic heterocycles. The molecule has 10 nitrogen and oxygen atoms in total. The average Bonchev–Trinajstić information content (AvgIpc) is 3.03. The smallest absolute Gasteiger partial charge is 0.338 e. The van der Waals surface area contributed by atoms with Gasteiger partial charge in [0.25, 0.3) is 8.32 Å². The Morgan fingerprint density at radius 1 is 1.06 bits per heavy atom. The molecule has 3 fully saturated rings. The molecular formula is C36H52O10Si. The first-order valence-corrected chi connectivity index (χ1v) is 19.5. The zero-order chi connectivity index (χ0) is 34.7. The Hall–Kier alpha value is -2.57. The summed E-state index contributed by atoms with van der Waals surface area (Å²) in [4.78, 5) is 42.5. The monoisotopic (exact) mass is 672 g/mol. The number of carbonyl (C=O) groups is 3. The quantitative estimate of drug-likeness (QED) is 0.273. The standard InChI is InChI=1S/C36H52O10Si/c1-10-47(11-2,12-3)46-28-27-21(4)24(38)19-36(41,33(27,6)7)31(44-32(40)23-16-14-13-15-17-23)29-34(8,30(28)39)25(42-9)18-26-35(29,20-43-26)45-22(5)37/h13-17,21,24-26,29,31,38,41H,10-12,18-20H2,1-9H3/b28-27+/t21?,24-,25-,26+,29-,31-,34+,35-,36+/m0/s1. The van der Waals surface area contributed by atoms with Gasteiger partial charge in [0.1, 0.15) is 23.6 Å². The number of aliphatic hydroxyl groups excluding tert-OH is 1. The van der Waals surface area contributed by atoms with Crippen molar-refractivity contribution in [1.82, 2.24) is 0 Å². The van der Waals surface area contributed by atoms with Gasteiger partial charge in [-0.3, -0.25) is 9.59 Å². The number of methoxy groups -OCH3 is 1. The van der Waals surface area contributed by atoms with Gasteiger partial charge in [0.15, 0.2) is 5.60 Å². The van der Waals surface area contributed by atoms with Crippen molar-refractivity contribution >= 4 is 26.0 Å². The molecule has 9 atom stereocenters. The maximum absolute atomic E-state index is 15.7. The fraction of sp³-hybridized carbons (Fsp3) is 0.694. The van der Waals surface area contributed by atoms with Crippen LogP contribution in [0.1, 0.15) is 78.6 Å². The van der Waals surface area contributed by atoms with E-state index in [-0.39, 0.29) is 36.6 Å². The molecule has 47 heavy (non-hydrogen) atoms. The van der Waals surface area contributed by atoms with E-state index in [1.54, 1.807) is 37.3 Å². The van der Waals surface area contributed by atoms with E-state index in [0.29, 0.717) is 5.57 Å². The van der Waals surface area contributed by atoms with Gasteiger partial charge in [0.2, 0.25) is 5.78 Å². The van der Waals surface area contributed by atoms with E-state index in [2.05, 4.69) is 20.8 Å². The molecule has 4 aliphatic rings. The number of ketones is 1. The number of aliphatic hydroxyl groups is 2. The first-order chi connectivity index (χ1) is 22.0. The fourth-order valence-corrected chi connectivity index (χ4v) is 11.8. The lowest BCUT2D eigenvalue weighted by atomic mass is 9.45. The zero-order valence-electron chi connectivity index (χ0n) is 29.3. The number of fused-ring (bicyclic) bond motifs is 5. The Balaban J connectivity index is 1.89. The number of esters is 2. The van der Waals surface area contributed by atoms with Crippen LogP contribution >= 0.6 is 0 Å². The van der Waals surface area contributed by atoms with Crippen LogP contribution in [0.5, 0.6) is 0 Å². The number of hydrogen-bond acceptors (Lipinski definition) is 10. The van der Waals surface area contributed by atoms with Crippen LogP contribution in [0, 0.1) is 22.7 Å². The van der Waals surface area contributed by atoms with Gasteiger partial charge >= 0.3 is 11.9 Å². The second-order valence-electron chi connectivity index (χ2n) is 14.8. The van der Waals surface area contributed by atoms with E-state index < -0.39 is 78.5 Å². The molecule has 2 saturated carbocycles. The maximum Gasteiger partial charge on any atom is 0.338 e. The molecule has 0 radical (unpaired) electrons. The Bertz CT molecular complexity index is 1410. The second-order valence-corrected chi connectivity index (χ2v) is 19.5. The third kappa shape index (κ3) is 5.14. The zero-order valence-corrected chi connectivity index (χ0v) is 30.3. The minimum atomic E-state index is -2.53. The molecule has 1 aromatic carbocycles. The molecule has 1 aliphatic heterocycles. The molecule has 2 N–H and O–H groups in total. The predicted molar refractivity (Wildman–Crippen MR) is 176 cm³/mol. The molecule has 1 aromatic rings. The fourth-order valence-electron chi connectivity index (χ4n) is 9.25. The van der Waals surface area contributed by atoms with E-state index >= 15 is 4.79 Å². The average molecular weight is 673 g/mol. The van der Waals surface area contributed by atoms with Crippen LogP contribution in [0.2, 0.25) is 18.1 Å². The van der Waals surface area contributed by atoms with Crippen molar-refractivity contribution in [2.45, 2.75) is 122 Å². The minimum absolute atomic E-state index is 0.0690. The summed E-state index contributed by atoms with van der Waals surface area (Å²) in [6.07, 6.45) is -3.95.